The number of nitrogens with one attached hydrogen (secondary N) is 2. The molecule has 38 heavy (non-hydrogen) atoms. The zero-order valence-corrected chi connectivity index (χ0v) is 21.9. The molecule has 7 nitrogen and oxygen atoms in total. The van der Waals surface area contributed by atoms with E-state index in [1.807, 2.05) is 18.2 Å². The Labute approximate surface area is 222 Å². The first-order valence-electron chi connectivity index (χ1n) is 13.6. The van der Waals surface area contributed by atoms with Crippen LogP contribution in [-0.2, 0) is 16.6 Å². The zero-order valence-electron chi connectivity index (χ0n) is 21.9. The Morgan fingerprint density at radius 2 is 2.08 bits per heavy atom. The molecular weight excluding hydrogens is 481 g/mol. The molecule has 3 aromatic rings. The molecular formula is C30H34FN5O2. The fourth-order valence-corrected chi connectivity index (χ4v) is 6.12. The van der Waals surface area contributed by atoms with Crippen molar-refractivity contribution < 1.29 is 13.9 Å². The summed E-state index contributed by atoms with van der Waals surface area (Å²) < 4.78 is 22.3. The van der Waals surface area contributed by atoms with E-state index in [0.29, 0.717) is 41.9 Å². The van der Waals surface area contributed by atoms with Crippen LogP contribution in [0.5, 0.6) is 6.01 Å². The summed E-state index contributed by atoms with van der Waals surface area (Å²) in [5.74, 6) is -0.123. The predicted octanol–water partition coefficient (Wildman–Crippen LogP) is 4.60. The second kappa shape index (κ2) is 9.98. The number of carbonyl (C=O) groups excluding carboxylic acids is 1. The highest BCUT2D eigenvalue weighted by Gasteiger charge is 2.48. The van der Waals surface area contributed by atoms with Crippen LogP contribution in [0.1, 0.15) is 43.2 Å². The Hall–Kier alpha value is -3.52. The molecule has 2 N–H and O–H groups in total. The van der Waals surface area contributed by atoms with Crippen molar-refractivity contribution >= 4 is 22.6 Å². The van der Waals surface area contributed by atoms with Crippen LogP contribution in [0, 0.1) is 5.82 Å². The van der Waals surface area contributed by atoms with Gasteiger partial charge in [0.2, 0.25) is 5.91 Å². The van der Waals surface area contributed by atoms with Crippen molar-refractivity contribution in [2.45, 2.75) is 50.0 Å². The summed E-state index contributed by atoms with van der Waals surface area (Å²) >= 11 is 0. The number of likely N-dealkylation sites (N-methyl/N-ethyl adjacent to an activating group) is 1. The van der Waals surface area contributed by atoms with Crippen molar-refractivity contribution in [3.05, 3.63) is 59.9 Å². The van der Waals surface area contributed by atoms with Gasteiger partial charge in [-0.05, 0) is 86.4 Å². The molecule has 1 atom stereocenters. The number of halogens is 1. The van der Waals surface area contributed by atoms with Crippen molar-refractivity contribution in [1.82, 2.24) is 20.2 Å². The number of ether oxygens (including phenoxy) is 1. The largest absolute Gasteiger partial charge is 0.462 e. The maximum absolute atomic E-state index is 16.3. The third kappa shape index (κ3) is 4.51. The average molecular weight is 516 g/mol. The highest BCUT2D eigenvalue weighted by atomic mass is 19.1. The number of benzene rings is 2. The molecule has 1 saturated heterocycles. The zero-order chi connectivity index (χ0) is 26.3. The van der Waals surface area contributed by atoms with Crippen molar-refractivity contribution in [3.63, 3.8) is 0 Å². The Balaban J connectivity index is 1.35. The van der Waals surface area contributed by atoms with Crippen LogP contribution >= 0.6 is 0 Å². The first-order chi connectivity index (χ1) is 18.5. The van der Waals surface area contributed by atoms with E-state index in [4.69, 9.17) is 4.74 Å². The average Bonchev–Trinajstić information content (AvgIpc) is 3.47. The van der Waals surface area contributed by atoms with Gasteiger partial charge in [-0.2, -0.15) is 9.97 Å². The van der Waals surface area contributed by atoms with E-state index < -0.39 is 0 Å². The van der Waals surface area contributed by atoms with Gasteiger partial charge in [0.15, 0.2) is 5.82 Å². The minimum absolute atomic E-state index is 0.154. The standard InChI is InChI=1S/C30H34FN5O2/c1-3-25(37)32-15-16-33-28-23-10-9-22(20-7-4-8-24-21(20)11-12-30(24)13-14-30)26(31)27(23)34-29(35-28)38-18-19-6-5-17-36(19)2/h3-4,7-10,19H,1,5-6,11-18H2,2H3,(H,32,37)(H,33,34,35)/t19-/m0/s1. The second-order valence-electron chi connectivity index (χ2n) is 10.8. The van der Waals surface area contributed by atoms with E-state index in [1.54, 1.807) is 0 Å². The minimum atomic E-state index is -0.360. The van der Waals surface area contributed by atoms with Gasteiger partial charge in [0.25, 0.3) is 0 Å². The topological polar surface area (TPSA) is 79.4 Å². The molecule has 0 unspecified atom stereocenters. The number of nitrogens with zero attached hydrogens (tertiary/aromatic N) is 3. The lowest BCUT2D eigenvalue weighted by Crippen LogP contribution is -2.31. The first kappa shape index (κ1) is 24.8. The predicted molar refractivity (Wildman–Crippen MR) is 147 cm³/mol. The van der Waals surface area contributed by atoms with Gasteiger partial charge in [0.1, 0.15) is 17.9 Å². The lowest BCUT2D eigenvalue weighted by Gasteiger charge is -2.19. The summed E-state index contributed by atoms with van der Waals surface area (Å²) in [6.07, 6.45) is 8.02. The maximum Gasteiger partial charge on any atom is 0.319 e. The number of carbonyl (C=O) groups is 1. The number of anilines is 1. The molecule has 8 heteroatoms. The first-order valence-corrected chi connectivity index (χ1v) is 13.6. The molecule has 2 heterocycles. The van der Waals surface area contributed by atoms with Crippen LogP contribution in [0.3, 0.4) is 0 Å². The molecule has 2 aromatic carbocycles. The quantitative estimate of drug-likeness (QED) is 0.320. The SMILES string of the molecule is C=CC(=O)NCCNc1nc(OC[C@@H]2CCCN2C)nc2c(F)c(-c3cccc4c3CCC43CC3)ccc12. The van der Waals surface area contributed by atoms with E-state index in [9.17, 15) is 4.79 Å². The van der Waals surface area contributed by atoms with Gasteiger partial charge in [-0.1, -0.05) is 30.8 Å². The number of amides is 1. The van der Waals surface area contributed by atoms with E-state index >= 15 is 4.39 Å². The molecule has 1 spiro atoms. The molecule has 1 amide bonds. The molecule has 2 fully saturated rings. The van der Waals surface area contributed by atoms with Crippen LogP contribution in [0.25, 0.3) is 22.0 Å². The summed E-state index contributed by atoms with van der Waals surface area (Å²) in [4.78, 5) is 22.9. The normalized spacial score (nSPS) is 19.5. The fraction of sp³-hybridized carbons (Fsp3) is 0.433. The van der Waals surface area contributed by atoms with Gasteiger partial charge < -0.3 is 20.3 Å². The number of hydrogen-bond donors (Lipinski definition) is 2. The van der Waals surface area contributed by atoms with E-state index in [1.165, 1.54) is 30.0 Å². The van der Waals surface area contributed by atoms with E-state index in [0.717, 1.165) is 37.8 Å². The Morgan fingerprint density at radius 3 is 2.84 bits per heavy atom. The molecule has 2 aliphatic carbocycles. The molecule has 1 aliphatic heterocycles. The third-order valence-corrected chi connectivity index (χ3v) is 8.51. The molecule has 3 aliphatic rings. The van der Waals surface area contributed by atoms with E-state index in [-0.39, 0.29) is 29.3 Å². The molecule has 1 saturated carbocycles. The van der Waals surface area contributed by atoms with Crippen LogP contribution in [0.2, 0.25) is 0 Å². The summed E-state index contributed by atoms with van der Waals surface area (Å²) in [7, 11) is 2.09. The Morgan fingerprint density at radius 1 is 1.21 bits per heavy atom. The number of aromatic nitrogens is 2. The third-order valence-electron chi connectivity index (χ3n) is 8.51. The lowest BCUT2D eigenvalue weighted by atomic mass is 9.92. The number of hydrogen-bond acceptors (Lipinski definition) is 6. The van der Waals surface area contributed by atoms with Gasteiger partial charge in [-0.25, -0.2) is 4.39 Å². The van der Waals surface area contributed by atoms with Crippen LogP contribution in [0.15, 0.2) is 43.0 Å². The van der Waals surface area contributed by atoms with Crippen molar-refractivity contribution in [2.75, 3.05) is 38.6 Å². The minimum Gasteiger partial charge on any atom is -0.462 e. The summed E-state index contributed by atoms with van der Waals surface area (Å²) in [5.41, 5.74) is 4.76. The van der Waals surface area contributed by atoms with Crippen molar-refractivity contribution in [1.29, 1.82) is 0 Å². The molecule has 0 radical (unpaired) electrons. The Kier molecular flexibility index (Phi) is 6.51. The lowest BCUT2D eigenvalue weighted by molar-refractivity contribution is -0.116. The van der Waals surface area contributed by atoms with Gasteiger partial charge in [-0.3, -0.25) is 4.79 Å². The van der Waals surface area contributed by atoms with Crippen molar-refractivity contribution in [3.8, 4) is 17.1 Å². The molecule has 198 valence electrons. The van der Waals surface area contributed by atoms with E-state index in [2.05, 4.69) is 51.3 Å². The Bertz CT molecular complexity index is 1400. The number of rotatable bonds is 9. The molecule has 6 rings (SSSR count). The van der Waals surface area contributed by atoms with Crippen molar-refractivity contribution in [2.24, 2.45) is 0 Å². The van der Waals surface area contributed by atoms with Gasteiger partial charge in [-0.15, -0.1) is 0 Å². The second-order valence-corrected chi connectivity index (χ2v) is 10.8. The number of fused-ring (bicyclic) bond motifs is 3. The van der Waals surface area contributed by atoms with Gasteiger partial charge in [0, 0.05) is 30.1 Å². The molecule has 0 bridgehead atoms. The van der Waals surface area contributed by atoms with Crippen LogP contribution in [-0.4, -0.2) is 60.1 Å². The summed E-state index contributed by atoms with van der Waals surface area (Å²) in [6, 6.07) is 10.5. The molecule has 1 aromatic heterocycles. The summed E-state index contributed by atoms with van der Waals surface area (Å²) in [6.45, 7) is 5.74. The highest BCUT2D eigenvalue weighted by Crippen LogP contribution is 2.58. The highest BCUT2D eigenvalue weighted by molar-refractivity contribution is 5.93. The summed E-state index contributed by atoms with van der Waals surface area (Å²) in [5, 5.41) is 6.55. The smallest absolute Gasteiger partial charge is 0.319 e. The monoisotopic (exact) mass is 515 g/mol. The van der Waals surface area contributed by atoms with Gasteiger partial charge in [0.05, 0.1) is 0 Å². The maximum atomic E-state index is 16.3. The van der Waals surface area contributed by atoms with Crippen LogP contribution in [0.4, 0.5) is 10.2 Å². The number of likely N-dealkylation sites (tertiary alicyclic amines) is 1. The van der Waals surface area contributed by atoms with Gasteiger partial charge >= 0.3 is 6.01 Å². The van der Waals surface area contributed by atoms with Crippen LogP contribution < -0.4 is 15.4 Å². The fourth-order valence-electron chi connectivity index (χ4n) is 6.12.